The van der Waals surface area contributed by atoms with E-state index in [1.54, 1.807) is 24.3 Å². The summed E-state index contributed by atoms with van der Waals surface area (Å²) in [4.78, 5) is 0.937. The SMILES string of the molecule is Nc1ccc(SCCSC(F)(F)F)cc1. The van der Waals surface area contributed by atoms with Gasteiger partial charge in [-0.2, -0.15) is 13.2 Å². The molecule has 0 spiro atoms. The Labute approximate surface area is 94.6 Å². The molecule has 1 aromatic rings. The van der Waals surface area contributed by atoms with Gasteiger partial charge in [0.1, 0.15) is 0 Å². The van der Waals surface area contributed by atoms with Crippen LogP contribution in [0.25, 0.3) is 0 Å². The predicted molar refractivity (Wildman–Crippen MR) is 60.1 cm³/mol. The maximum Gasteiger partial charge on any atom is 0.441 e. The Hall–Kier alpha value is -0.490. The van der Waals surface area contributed by atoms with Gasteiger partial charge >= 0.3 is 5.51 Å². The van der Waals surface area contributed by atoms with E-state index in [4.69, 9.17) is 5.73 Å². The summed E-state index contributed by atoms with van der Waals surface area (Å²) in [5.41, 5.74) is 2.01. The van der Waals surface area contributed by atoms with Crippen molar-refractivity contribution in [2.45, 2.75) is 10.4 Å². The fourth-order valence-electron chi connectivity index (χ4n) is 0.881. The summed E-state index contributed by atoms with van der Waals surface area (Å²) >= 11 is 1.40. The Morgan fingerprint density at radius 3 is 2.20 bits per heavy atom. The van der Waals surface area contributed by atoms with E-state index < -0.39 is 5.51 Å². The third kappa shape index (κ3) is 5.84. The molecule has 6 heteroatoms. The van der Waals surface area contributed by atoms with Crippen molar-refractivity contribution in [2.24, 2.45) is 0 Å². The van der Waals surface area contributed by atoms with Crippen molar-refractivity contribution in [3.63, 3.8) is 0 Å². The van der Waals surface area contributed by atoms with Crippen molar-refractivity contribution in [1.29, 1.82) is 0 Å². The molecule has 0 bridgehead atoms. The summed E-state index contributed by atoms with van der Waals surface area (Å²) in [6.07, 6.45) is 0. The van der Waals surface area contributed by atoms with Crippen LogP contribution in [-0.2, 0) is 0 Å². The largest absolute Gasteiger partial charge is 0.441 e. The topological polar surface area (TPSA) is 26.0 Å². The van der Waals surface area contributed by atoms with Gasteiger partial charge in [-0.05, 0) is 24.3 Å². The van der Waals surface area contributed by atoms with Crippen LogP contribution in [0.1, 0.15) is 0 Å². The zero-order chi connectivity index (χ0) is 11.3. The molecule has 0 saturated heterocycles. The fourth-order valence-corrected chi connectivity index (χ4v) is 2.34. The minimum Gasteiger partial charge on any atom is -0.399 e. The lowest BCUT2D eigenvalue weighted by Gasteiger charge is -2.05. The first-order valence-electron chi connectivity index (χ1n) is 4.16. The van der Waals surface area contributed by atoms with Gasteiger partial charge in [-0.3, -0.25) is 0 Å². The number of nitrogens with two attached hydrogens (primary N) is 1. The van der Waals surface area contributed by atoms with Crippen LogP contribution in [-0.4, -0.2) is 17.0 Å². The van der Waals surface area contributed by atoms with Crippen LogP contribution in [0.3, 0.4) is 0 Å². The lowest BCUT2D eigenvalue weighted by Crippen LogP contribution is -2.02. The zero-order valence-corrected chi connectivity index (χ0v) is 9.38. The highest BCUT2D eigenvalue weighted by molar-refractivity contribution is 8.03. The molecule has 0 unspecified atom stereocenters. The van der Waals surface area contributed by atoms with Crippen molar-refractivity contribution in [3.8, 4) is 0 Å². The fraction of sp³-hybridized carbons (Fsp3) is 0.333. The average molecular weight is 253 g/mol. The van der Waals surface area contributed by atoms with Crippen LogP contribution >= 0.6 is 23.5 Å². The van der Waals surface area contributed by atoms with Crippen molar-refractivity contribution >= 4 is 29.2 Å². The minimum absolute atomic E-state index is 0.0104. The first kappa shape index (κ1) is 12.6. The summed E-state index contributed by atoms with van der Waals surface area (Å²) in [5, 5.41) is 0. The van der Waals surface area contributed by atoms with Gasteiger partial charge in [-0.1, -0.05) is 11.8 Å². The lowest BCUT2D eigenvalue weighted by atomic mass is 10.3. The summed E-state index contributed by atoms with van der Waals surface area (Å²) in [5.74, 6) is 0.507. The molecule has 1 aromatic carbocycles. The van der Waals surface area contributed by atoms with Crippen LogP contribution in [0.4, 0.5) is 18.9 Å². The quantitative estimate of drug-likeness (QED) is 0.504. The molecule has 0 aliphatic carbocycles. The highest BCUT2D eigenvalue weighted by Crippen LogP contribution is 2.31. The molecule has 0 aromatic heterocycles. The Morgan fingerprint density at radius 1 is 1.07 bits per heavy atom. The molecule has 0 saturated carbocycles. The van der Waals surface area contributed by atoms with Gasteiger partial charge in [-0.25, -0.2) is 0 Å². The second-order valence-corrected chi connectivity index (χ2v) is 5.04. The van der Waals surface area contributed by atoms with E-state index in [1.807, 2.05) is 0 Å². The molecule has 0 amide bonds. The first-order valence-corrected chi connectivity index (χ1v) is 6.13. The van der Waals surface area contributed by atoms with E-state index >= 15 is 0 Å². The Kier molecular flexibility index (Phi) is 4.66. The highest BCUT2D eigenvalue weighted by atomic mass is 32.2. The zero-order valence-electron chi connectivity index (χ0n) is 7.75. The maximum absolute atomic E-state index is 11.8. The minimum atomic E-state index is -4.12. The third-order valence-electron chi connectivity index (χ3n) is 1.50. The normalized spacial score (nSPS) is 11.7. The van der Waals surface area contributed by atoms with Crippen LogP contribution in [0.15, 0.2) is 29.2 Å². The number of rotatable bonds is 4. The summed E-state index contributed by atoms with van der Waals surface area (Å²) < 4.78 is 35.3. The van der Waals surface area contributed by atoms with E-state index in [0.717, 1.165) is 4.90 Å². The molecular weight excluding hydrogens is 243 g/mol. The highest BCUT2D eigenvalue weighted by Gasteiger charge is 2.27. The van der Waals surface area contributed by atoms with Crippen LogP contribution < -0.4 is 5.73 Å². The number of thioether (sulfide) groups is 2. The molecule has 1 rings (SSSR count). The van der Waals surface area contributed by atoms with E-state index in [1.165, 1.54) is 11.8 Å². The Balaban J connectivity index is 2.23. The van der Waals surface area contributed by atoms with Gasteiger partial charge in [0.25, 0.3) is 0 Å². The number of benzene rings is 1. The number of hydrogen-bond acceptors (Lipinski definition) is 3. The molecule has 0 heterocycles. The third-order valence-corrected chi connectivity index (χ3v) is 3.51. The molecule has 84 valence electrons. The number of nitrogen functional groups attached to an aromatic ring is 1. The van der Waals surface area contributed by atoms with E-state index in [0.29, 0.717) is 11.4 Å². The molecule has 0 aliphatic heterocycles. The molecule has 0 aliphatic rings. The number of halogens is 3. The van der Waals surface area contributed by atoms with Crippen LogP contribution in [0.5, 0.6) is 0 Å². The molecule has 1 nitrogen and oxygen atoms in total. The second-order valence-electron chi connectivity index (χ2n) is 2.71. The molecular formula is C9H10F3NS2. The van der Waals surface area contributed by atoms with Gasteiger partial charge in [-0.15, -0.1) is 11.8 Å². The van der Waals surface area contributed by atoms with Gasteiger partial charge in [0, 0.05) is 22.1 Å². The second kappa shape index (κ2) is 5.55. The predicted octanol–water partition coefficient (Wildman–Crippen LogP) is 3.61. The summed E-state index contributed by atoms with van der Waals surface area (Å²) in [6.45, 7) is 0. The summed E-state index contributed by atoms with van der Waals surface area (Å²) in [7, 11) is 0. The van der Waals surface area contributed by atoms with Crippen LogP contribution in [0.2, 0.25) is 0 Å². The van der Waals surface area contributed by atoms with E-state index in [2.05, 4.69) is 0 Å². The Morgan fingerprint density at radius 2 is 1.67 bits per heavy atom. The van der Waals surface area contributed by atoms with Gasteiger partial charge in [0.15, 0.2) is 0 Å². The van der Waals surface area contributed by atoms with E-state index in [9.17, 15) is 13.2 Å². The average Bonchev–Trinajstić information content (AvgIpc) is 2.14. The summed E-state index contributed by atoms with van der Waals surface area (Å²) in [6, 6.07) is 7.08. The first-order chi connectivity index (χ1) is 6.97. The number of alkyl halides is 3. The van der Waals surface area contributed by atoms with Crippen molar-refractivity contribution < 1.29 is 13.2 Å². The molecule has 0 atom stereocenters. The Bertz CT molecular complexity index is 297. The number of hydrogen-bond donors (Lipinski definition) is 1. The van der Waals surface area contributed by atoms with Crippen molar-refractivity contribution in [1.82, 2.24) is 0 Å². The van der Waals surface area contributed by atoms with Gasteiger partial charge in [0.05, 0.1) is 0 Å². The monoisotopic (exact) mass is 253 g/mol. The van der Waals surface area contributed by atoms with E-state index in [-0.39, 0.29) is 17.5 Å². The standard InChI is InChI=1S/C9H10F3NS2/c10-9(11,12)15-6-5-14-8-3-1-7(13)2-4-8/h1-4H,5-6,13H2. The van der Waals surface area contributed by atoms with Gasteiger partial charge in [0.2, 0.25) is 0 Å². The molecule has 15 heavy (non-hydrogen) atoms. The lowest BCUT2D eigenvalue weighted by molar-refractivity contribution is -0.0326. The molecule has 0 fully saturated rings. The number of anilines is 1. The van der Waals surface area contributed by atoms with Crippen molar-refractivity contribution in [2.75, 3.05) is 17.2 Å². The van der Waals surface area contributed by atoms with Crippen molar-refractivity contribution in [3.05, 3.63) is 24.3 Å². The smallest absolute Gasteiger partial charge is 0.399 e. The maximum atomic E-state index is 11.8. The molecule has 2 N–H and O–H groups in total. The molecule has 0 radical (unpaired) electrons. The van der Waals surface area contributed by atoms with Crippen LogP contribution in [0, 0.1) is 0 Å². The van der Waals surface area contributed by atoms with Gasteiger partial charge < -0.3 is 5.73 Å².